The third kappa shape index (κ3) is 1.51. The molecule has 0 fully saturated rings. The predicted octanol–water partition coefficient (Wildman–Crippen LogP) is 0.698. The molecule has 61 valence electrons. The van der Waals surface area contributed by atoms with Crippen LogP contribution in [0.15, 0.2) is 12.4 Å². The first-order valence-electron chi connectivity index (χ1n) is 2.77. The largest absolute Gasteiger partial charge is 0.302 e. The van der Waals surface area contributed by atoms with Crippen LogP contribution in [0.5, 0.6) is 0 Å². The van der Waals surface area contributed by atoms with E-state index in [-0.39, 0.29) is 0 Å². The van der Waals surface area contributed by atoms with Crippen LogP contribution >= 0.6 is 0 Å². The fourth-order valence-electron chi connectivity index (χ4n) is 0.560. The SMILES string of the molecule is O=[N+]([O-])c1[c]c([N+](=O)[O-])cnc1. The number of pyridine rings is 1. The molecule has 0 bridgehead atoms. The maximum absolute atomic E-state index is 10.1. The van der Waals surface area contributed by atoms with Crippen LogP contribution in [0.4, 0.5) is 11.4 Å². The summed E-state index contributed by atoms with van der Waals surface area (Å²) in [6.45, 7) is 0. The van der Waals surface area contributed by atoms with Gasteiger partial charge in [-0.05, 0) is 0 Å². The van der Waals surface area contributed by atoms with Crippen molar-refractivity contribution in [2.75, 3.05) is 0 Å². The van der Waals surface area contributed by atoms with Crippen LogP contribution in [-0.4, -0.2) is 14.8 Å². The zero-order valence-corrected chi connectivity index (χ0v) is 5.63. The van der Waals surface area contributed by atoms with Crippen molar-refractivity contribution < 1.29 is 9.85 Å². The maximum atomic E-state index is 10.1. The van der Waals surface area contributed by atoms with E-state index in [9.17, 15) is 20.2 Å². The molecular weight excluding hydrogens is 166 g/mol. The molecular formula is C5H2N3O4. The molecule has 1 aromatic heterocycles. The van der Waals surface area contributed by atoms with E-state index in [1.54, 1.807) is 0 Å². The maximum Gasteiger partial charge on any atom is 0.302 e. The van der Waals surface area contributed by atoms with E-state index in [1.165, 1.54) is 0 Å². The third-order valence-corrected chi connectivity index (χ3v) is 1.04. The van der Waals surface area contributed by atoms with Crippen molar-refractivity contribution >= 4 is 11.4 Å². The van der Waals surface area contributed by atoms with Gasteiger partial charge in [-0.1, -0.05) is 0 Å². The van der Waals surface area contributed by atoms with Gasteiger partial charge in [-0.25, -0.2) is 0 Å². The van der Waals surface area contributed by atoms with Gasteiger partial charge in [-0.3, -0.25) is 25.2 Å². The highest BCUT2D eigenvalue weighted by molar-refractivity contribution is 5.36. The summed E-state index contributed by atoms with van der Waals surface area (Å²) in [4.78, 5) is 21.9. The molecule has 7 heteroatoms. The number of aromatic nitrogens is 1. The Hall–Kier alpha value is -2.05. The van der Waals surface area contributed by atoms with Gasteiger partial charge in [-0.15, -0.1) is 0 Å². The van der Waals surface area contributed by atoms with Gasteiger partial charge in [0.1, 0.15) is 12.4 Å². The molecule has 1 rings (SSSR count). The molecule has 1 heterocycles. The van der Waals surface area contributed by atoms with Crippen molar-refractivity contribution in [1.82, 2.24) is 4.98 Å². The summed E-state index contributed by atoms with van der Waals surface area (Å²) in [5.74, 6) is 0. The van der Waals surface area contributed by atoms with Crippen LogP contribution in [0, 0.1) is 26.3 Å². The van der Waals surface area contributed by atoms with Crippen molar-refractivity contribution in [3.8, 4) is 0 Å². The molecule has 0 aliphatic rings. The minimum absolute atomic E-state index is 0.510. The highest BCUT2D eigenvalue weighted by atomic mass is 16.6. The zero-order chi connectivity index (χ0) is 9.14. The molecule has 12 heavy (non-hydrogen) atoms. The Morgan fingerprint density at radius 1 is 1.17 bits per heavy atom. The van der Waals surface area contributed by atoms with Gasteiger partial charge < -0.3 is 0 Å². The number of rotatable bonds is 2. The van der Waals surface area contributed by atoms with Crippen LogP contribution in [0.2, 0.25) is 0 Å². The van der Waals surface area contributed by atoms with Crippen molar-refractivity contribution in [2.24, 2.45) is 0 Å². The number of nitrogens with zero attached hydrogens (tertiary/aromatic N) is 3. The average Bonchev–Trinajstić information content (AvgIpc) is 2.04. The van der Waals surface area contributed by atoms with Gasteiger partial charge in [-0.2, -0.15) is 0 Å². The Morgan fingerprint density at radius 3 is 1.92 bits per heavy atom. The van der Waals surface area contributed by atoms with Gasteiger partial charge in [0.15, 0.2) is 6.07 Å². The Labute approximate surface area is 66.0 Å². The molecule has 1 radical (unpaired) electrons. The number of hydrogen-bond acceptors (Lipinski definition) is 5. The lowest BCUT2D eigenvalue weighted by molar-refractivity contribution is -0.395. The van der Waals surface area contributed by atoms with Crippen molar-refractivity contribution in [3.05, 3.63) is 38.7 Å². The summed E-state index contributed by atoms with van der Waals surface area (Å²) in [5, 5.41) is 20.2. The molecule has 7 nitrogen and oxygen atoms in total. The minimum atomic E-state index is -0.792. The summed E-state index contributed by atoms with van der Waals surface area (Å²) in [7, 11) is 0. The van der Waals surface area contributed by atoms with Crippen molar-refractivity contribution in [1.29, 1.82) is 0 Å². The summed E-state index contributed by atoms with van der Waals surface area (Å²) in [6, 6.07) is 1.98. The summed E-state index contributed by atoms with van der Waals surface area (Å²) < 4.78 is 0. The second-order valence-electron chi connectivity index (χ2n) is 1.82. The van der Waals surface area contributed by atoms with Gasteiger partial charge in [0, 0.05) is 0 Å². The molecule has 0 atom stereocenters. The Balaban J connectivity index is 3.12. The third-order valence-electron chi connectivity index (χ3n) is 1.04. The highest BCUT2D eigenvalue weighted by Gasteiger charge is 2.14. The lowest BCUT2D eigenvalue weighted by Gasteiger charge is -1.89. The zero-order valence-electron chi connectivity index (χ0n) is 5.63. The van der Waals surface area contributed by atoms with Crippen molar-refractivity contribution in [2.45, 2.75) is 0 Å². The first-order valence-corrected chi connectivity index (χ1v) is 2.77. The Kier molecular flexibility index (Phi) is 1.95. The molecule has 0 aliphatic carbocycles. The van der Waals surface area contributed by atoms with E-state index in [4.69, 9.17) is 0 Å². The van der Waals surface area contributed by atoms with Crippen LogP contribution in [0.1, 0.15) is 0 Å². The summed E-state index contributed by atoms with van der Waals surface area (Å²) in [5.41, 5.74) is -1.02. The predicted molar refractivity (Wildman–Crippen MR) is 36.4 cm³/mol. The molecule has 0 amide bonds. The first kappa shape index (κ1) is 8.05. The van der Waals surface area contributed by atoms with Crippen molar-refractivity contribution in [3.63, 3.8) is 0 Å². The number of nitro groups is 2. The second kappa shape index (κ2) is 2.91. The summed E-state index contributed by atoms with van der Waals surface area (Å²) >= 11 is 0. The monoisotopic (exact) mass is 168 g/mol. The van der Waals surface area contributed by atoms with E-state index in [1.807, 2.05) is 6.07 Å². The smallest absolute Gasteiger partial charge is 0.258 e. The fraction of sp³-hybridized carbons (Fsp3) is 0. The van der Waals surface area contributed by atoms with Crippen LogP contribution in [0.25, 0.3) is 0 Å². The Morgan fingerprint density at radius 2 is 1.58 bits per heavy atom. The second-order valence-corrected chi connectivity index (χ2v) is 1.82. The standard InChI is InChI=1S/C5H2N3O4/c9-7(10)4-1-5(8(11)12)3-6-2-4/h2-3H. The Bertz CT molecular complexity index is 308. The lowest BCUT2D eigenvalue weighted by Crippen LogP contribution is -1.93. The quantitative estimate of drug-likeness (QED) is 0.477. The van der Waals surface area contributed by atoms with Gasteiger partial charge in [0.25, 0.3) is 0 Å². The van der Waals surface area contributed by atoms with Gasteiger partial charge >= 0.3 is 11.4 Å². The molecule has 0 saturated carbocycles. The van der Waals surface area contributed by atoms with E-state index < -0.39 is 21.2 Å². The number of hydrogen-bond donors (Lipinski definition) is 0. The lowest BCUT2D eigenvalue weighted by atomic mass is 10.4. The molecule has 0 aromatic carbocycles. The van der Waals surface area contributed by atoms with E-state index in [0.717, 1.165) is 12.4 Å². The molecule has 0 spiro atoms. The molecule has 0 N–H and O–H groups in total. The molecule has 0 saturated heterocycles. The topological polar surface area (TPSA) is 99.2 Å². The fourth-order valence-corrected chi connectivity index (χ4v) is 0.560. The minimum Gasteiger partial charge on any atom is -0.258 e. The van der Waals surface area contributed by atoms with Crippen LogP contribution in [0.3, 0.4) is 0 Å². The molecule has 0 unspecified atom stereocenters. The molecule has 0 aliphatic heterocycles. The van der Waals surface area contributed by atoms with Crippen LogP contribution < -0.4 is 0 Å². The first-order chi connectivity index (χ1) is 5.61. The van der Waals surface area contributed by atoms with E-state index in [2.05, 4.69) is 4.98 Å². The van der Waals surface area contributed by atoms with Gasteiger partial charge in [0.05, 0.1) is 9.85 Å². The highest BCUT2D eigenvalue weighted by Crippen LogP contribution is 2.15. The summed E-state index contributed by atoms with van der Waals surface area (Å²) in [6.07, 6.45) is 1.79. The van der Waals surface area contributed by atoms with Crippen LogP contribution in [-0.2, 0) is 0 Å². The average molecular weight is 168 g/mol. The normalized spacial score (nSPS) is 9.33. The molecule has 1 aromatic rings. The van der Waals surface area contributed by atoms with Gasteiger partial charge in [0.2, 0.25) is 0 Å². The van der Waals surface area contributed by atoms with E-state index >= 15 is 0 Å². The van der Waals surface area contributed by atoms with E-state index in [0.29, 0.717) is 0 Å².